The molecule has 1 amide bonds. The lowest BCUT2D eigenvalue weighted by Gasteiger charge is -2.10. The predicted molar refractivity (Wildman–Crippen MR) is 84.4 cm³/mol. The molecular weight excluding hydrogens is 270 g/mol. The highest BCUT2D eigenvalue weighted by molar-refractivity contribution is 6.17. The number of benzene rings is 2. The summed E-state index contributed by atoms with van der Waals surface area (Å²) in [5, 5.41) is 2.98. The van der Waals surface area contributed by atoms with Gasteiger partial charge in [0.15, 0.2) is 0 Å². The first-order chi connectivity index (χ1) is 9.74. The Morgan fingerprint density at radius 2 is 1.80 bits per heavy atom. The first kappa shape index (κ1) is 14.6. The van der Waals surface area contributed by atoms with Gasteiger partial charge in [-0.3, -0.25) is 4.79 Å². The van der Waals surface area contributed by atoms with Crippen LogP contribution in [-0.2, 0) is 12.3 Å². The molecule has 2 aromatic rings. The summed E-state index contributed by atoms with van der Waals surface area (Å²) >= 11 is 5.74. The molecule has 0 fully saturated rings. The number of hydrogen-bond acceptors (Lipinski definition) is 1. The molecule has 104 valence electrons. The minimum Gasteiger partial charge on any atom is -0.322 e. The average Bonchev–Trinajstić information content (AvgIpc) is 2.49. The van der Waals surface area contributed by atoms with E-state index >= 15 is 0 Å². The molecule has 0 spiro atoms. The number of aryl methyl sites for hydroxylation is 1. The summed E-state index contributed by atoms with van der Waals surface area (Å²) in [6, 6.07) is 15.3. The van der Waals surface area contributed by atoms with Gasteiger partial charge in [-0.2, -0.15) is 0 Å². The molecule has 2 aromatic carbocycles. The average molecular weight is 288 g/mol. The zero-order valence-corrected chi connectivity index (χ0v) is 12.3. The van der Waals surface area contributed by atoms with Crippen molar-refractivity contribution in [1.29, 1.82) is 0 Å². The molecule has 2 rings (SSSR count). The van der Waals surface area contributed by atoms with Crippen molar-refractivity contribution in [2.45, 2.75) is 25.6 Å². The number of hydrogen-bond donors (Lipinski definition) is 1. The molecular formula is C17H18ClNO. The summed E-state index contributed by atoms with van der Waals surface area (Å²) in [5.74, 6) is 0.371. The van der Waals surface area contributed by atoms with Gasteiger partial charge in [-0.25, -0.2) is 0 Å². The quantitative estimate of drug-likeness (QED) is 0.798. The topological polar surface area (TPSA) is 29.1 Å². The van der Waals surface area contributed by atoms with Gasteiger partial charge in [0.05, 0.1) is 0 Å². The summed E-state index contributed by atoms with van der Waals surface area (Å²) in [7, 11) is 0. The third-order valence-corrected chi connectivity index (χ3v) is 3.46. The molecule has 0 bridgehead atoms. The number of alkyl halides is 1. The van der Waals surface area contributed by atoms with Gasteiger partial charge in [0, 0.05) is 17.1 Å². The maximum atomic E-state index is 12.2. The number of anilines is 1. The lowest BCUT2D eigenvalue weighted by Crippen LogP contribution is -2.13. The normalized spacial score (nSPS) is 10.3. The highest BCUT2D eigenvalue weighted by atomic mass is 35.5. The number of carbonyl (C=O) groups is 1. The van der Waals surface area contributed by atoms with Gasteiger partial charge >= 0.3 is 0 Å². The standard InChI is InChI=1S/C17H18ClNO/c1-2-5-14-6-3-4-7-16(14)19-17(20)15-10-8-13(12-18)9-11-15/h3-4,6-11H,2,5,12H2,1H3,(H,19,20). The van der Waals surface area contributed by atoms with Crippen molar-refractivity contribution >= 4 is 23.2 Å². The Morgan fingerprint density at radius 3 is 2.45 bits per heavy atom. The summed E-state index contributed by atoms with van der Waals surface area (Å²) in [4.78, 5) is 12.2. The first-order valence-corrected chi connectivity index (χ1v) is 7.32. The van der Waals surface area contributed by atoms with Crippen LogP contribution < -0.4 is 5.32 Å². The summed E-state index contributed by atoms with van der Waals surface area (Å²) in [5.41, 5.74) is 3.71. The molecule has 0 aliphatic rings. The minimum atomic E-state index is -0.0883. The second-order valence-corrected chi connectivity index (χ2v) is 4.96. The van der Waals surface area contributed by atoms with Gasteiger partial charge < -0.3 is 5.32 Å². The van der Waals surface area contributed by atoms with Gasteiger partial charge in [0.2, 0.25) is 0 Å². The second kappa shape index (κ2) is 7.11. The maximum absolute atomic E-state index is 12.2. The van der Waals surface area contributed by atoms with E-state index in [-0.39, 0.29) is 5.91 Å². The molecule has 1 N–H and O–H groups in total. The number of amides is 1. The van der Waals surface area contributed by atoms with Crippen molar-refractivity contribution in [2.75, 3.05) is 5.32 Å². The number of halogens is 1. The van der Waals surface area contributed by atoms with Crippen LogP contribution >= 0.6 is 11.6 Å². The van der Waals surface area contributed by atoms with Gasteiger partial charge in [-0.05, 0) is 35.7 Å². The van der Waals surface area contributed by atoms with Crippen LogP contribution in [-0.4, -0.2) is 5.91 Å². The monoisotopic (exact) mass is 287 g/mol. The first-order valence-electron chi connectivity index (χ1n) is 6.78. The third kappa shape index (κ3) is 3.61. The Kier molecular flexibility index (Phi) is 5.19. The van der Waals surface area contributed by atoms with E-state index < -0.39 is 0 Å². The lowest BCUT2D eigenvalue weighted by molar-refractivity contribution is 0.102. The van der Waals surface area contributed by atoms with E-state index in [1.54, 1.807) is 12.1 Å². The Labute approximate surface area is 124 Å². The summed E-state index contributed by atoms with van der Waals surface area (Å²) in [6.07, 6.45) is 2.01. The molecule has 0 unspecified atom stereocenters. The van der Waals surface area contributed by atoms with Crippen LogP contribution in [0.1, 0.15) is 34.8 Å². The highest BCUT2D eigenvalue weighted by Gasteiger charge is 2.08. The van der Waals surface area contributed by atoms with Gasteiger partial charge in [-0.15, -0.1) is 11.6 Å². The van der Waals surface area contributed by atoms with Crippen molar-refractivity contribution in [3.8, 4) is 0 Å². The van der Waals surface area contributed by atoms with E-state index in [4.69, 9.17) is 11.6 Å². The van der Waals surface area contributed by atoms with E-state index in [0.717, 1.165) is 24.1 Å². The van der Waals surface area contributed by atoms with Crippen LogP contribution in [0.5, 0.6) is 0 Å². The fourth-order valence-corrected chi connectivity index (χ4v) is 2.25. The Hall–Kier alpha value is -1.80. The van der Waals surface area contributed by atoms with Crippen LogP contribution in [0.25, 0.3) is 0 Å². The molecule has 0 atom stereocenters. The third-order valence-electron chi connectivity index (χ3n) is 3.16. The van der Waals surface area contributed by atoms with E-state index in [1.807, 2.05) is 30.3 Å². The molecule has 3 heteroatoms. The molecule has 2 nitrogen and oxygen atoms in total. The largest absolute Gasteiger partial charge is 0.322 e. The summed E-state index contributed by atoms with van der Waals surface area (Å²) < 4.78 is 0. The van der Waals surface area contributed by atoms with E-state index in [1.165, 1.54) is 5.56 Å². The van der Waals surface area contributed by atoms with Crippen molar-refractivity contribution in [1.82, 2.24) is 0 Å². The van der Waals surface area contributed by atoms with Crippen LogP contribution in [0.4, 0.5) is 5.69 Å². The van der Waals surface area contributed by atoms with Gasteiger partial charge in [0.25, 0.3) is 5.91 Å². The number of carbonyl (C=O) groups excluding carboxylic acids is 1. The number of nitrogens with one attached hydrogen (secondary N) is 1. The van der Waals surface area contributed by atoms with Crippen molar-refractivity contribution in [2.24, 2.45) is 0 Å². The Bertz CT molecular complexity index is 578. The fraction of sp³-hybridized carbons (Fsp3) is 0.235. The van der Waals surface area contributed by atoms with Crippen LogP contribution in [0, 0.1) is 0 Å². The minimum absolute atomic E-state index is 0.0883. The van der Waals surface area contributed by atoms with Crippen molar-refractivity contribution in [3.05, 3.63) is 65.2 Å². The highest BCUT2D eigenvalue weighted by Crippen LogP contribution is 2.18. The van der Waals surface area contributed by atoms with E-state index in [9.17, 15) is 4.79 Å². The SMILES string of the molecule is CCCc1ccccc1NC(=O)c1ccc(CCl)cc1. The van der Waals surface area contributed by atoms with Crippen LogP contribution in [0.15, 0.2) is 48.5 Å². The van der Waals surface area contributed by atoms with Gasteiger partial charge in [-0.1, -0.05) is 43.7 Å². The van der Waals surface area contributed by atoms with E-state index in [2.05, 4.69) is 18.3 Å². The number of rotatable bonds is 5. The zero-order valence-electron chi connectivity index (χ0n) is 11.5. The second-order valence-electron chi connectivity index (χ2n) is 4.69. The zero-order chi connectivity index (χ0) is 14.4. The molecule has 0 aromatic heterocycles. The van der Waals surface area contributed by atoms with Crippen LogP contribution in [0.2, 0.25) is 0 Å². The smallest absolute Gasteiger partial charge is 0.255 e. The van der Waals surface area contributed by atoms with Crippen LogP contribution in [0.3, 0.4) is 0 Å². The Balaban J connectivity index is 2.14. The van der Waals surface area contributed by atoms with Crippen molar-refractivity contribution < 1.29 is 4.79 Å². The molecule has 0 heterocycles. The summed E-state index contributed by atoms with van der Waals surface area (Å²) in [6.45, 7) is 2.13. The molecule has 0 radical (unpaired) electrons. The maximum Gasteiger partial charge on any atom is 0.255 e. The fourth-order valence-electron chi connectivity index (χ4n) is 2.07. The molecule has 0 aliphatic carbocycles. The number of para-hydroxylation sites is 1. The Morgan fingerprint density at radius 1 is 1.10 bits per heavy atom. The predicted octanol–water partition coefficient (Wildman–Crippen LogP) is 4.63. The molecule has 0 saturated heterocycles. The molecule has 0 aliphatic heterocycles. The van der Waals surface area contributed by atoms with Gasteiger partial charge in [0.1, 0.15) is 0 Å². The lowest BCUT2D eigenvalue weighted by atomic mass is 10.1. The van der Waals surface area contributed by atoms with Crippen molar-refractivity contribution in [3.63, 3.8) is 0 Å². The van der Waals surface area contributed by atoms with E-state index in [0.29, 0.717) is 11.4 Å². The molecule has 0 saturated carbocycles. The molecule has 20 heavy (non-hydrogen) atoms.